The molecule has 1 heterocycles. The van der Waals surface area contributed by atoms with Crippen LogP contribution in [0.4, 0.5) is 0 Å². The SMILES string of the molecule is Cc1cc(S(=O)(=O)N(C)CC2CCCC2)sc1CN. The Morgan fingerprint density at radius 2 is 2.05 bits per heavy atom. The van der Waals surface area contributed by atoms with Crippen molar-refractivity contribution in [3.63, 3.8) is 0 Å². The molecule has 108 valence electrons. The predicted molar refractivity (Wildman–Crippen MR) is 78.7 cm³/mol. The van der Waals surface area contributed by atoms with Crippen LogP contribution in [0.2, 0.25) is 0 Å². The summed E-state index contributed by atoms with van der Waals surface area (Å²) in [5.74, 6) is 0.523. The van der Waals surface area contributed by atoms with Crippen LogP contribution in [0.1, 0.15) is 36.1 Å². The van der Waals surface area contributed by atoms with E-state index in [0.717, 1.165) is 23.3 Å². The molecule has 1 aliphatic carbocycles. The number of aryl methyl sites for hydroxylation is 1. The van der Waals surface area contributed by atoms with Gasteiger partial charge < -0.3 is 5.73 Å². The van der Waals surface area contributed by atoms with E-state index in [-0.39, 0.29) is 0 Å². The minimum Gasteiger partial charge on any atom is -0.326 e. The molecule has 1 saturated carbocycles. The molecule has 19 heavy (non-hydrogen) atoms. The Balaban J connectivity index is 2.15. The molecule has 0 unspecified atom stereocenters. The maximum atomic E-state index is 12.5. The smallest absolute Gasteiger partial charge is 0.252 e. The number of nitrogens with two attached hydrogens (primary N) is 1. The Morgan fingerprint density at radius 1 is 1.42 bits per heavy atom. The van der Waals surface area contributed by atoms with Crippen molar-refractivity contribution in [1.29, 1.82) is 0 Å². The Bertz CT molecular complexity index is 531. The maximum Gasteiger partial charge on any atom is 0.252 e. The summed E-state index contributed by atoms with van der Waals surface area (Å²) in [4.78, 5) is 0.952. The van der Waals surface area contributed by atoms with Gasteiger partial charge in [0.05, 0.1) is 0 Å². The second kappa shape index (κ2) is 5.91. The quantitative estimate of drug-likeness (QED) is 0.908. The van der Waals surface area contributed by atoms with Crippen LogP contribution >= 0.6 is 11.3 Å². The molecule has 1 fully saturated rings. The number of sulfonamides is 1. The van der Waals surface area contributed by atoms with Crippen molar-refractivity contribution in [2.24, 2.45) is 11.7 Å². The van der Waals surface area contributed by atoms with Crippen molar-refractivity contribution in [3.8, 4) is 0 Å². The van der Waals surface area contributed by atoms with Crippen LogP contribution in [0, 0.1) is 12.8 Å². The first-order valence-corrected chi connectivity index (χ1v) is 8.96. The van der Waals surface area contributed by atoms with Crippen molar-refractivity contribution >= 4 is 21.4 Å². The van der Waals surface area contributed by atoms with Crippen LogP contribution in [-0.4, -0.2) is 26.3 Å². The van der Waals surface area contributed by atoms with Crippen molar-refractivity contribution in [2.45, 2.75) is 43.4 Å². The van der Waals surface area contributed by atoms with E-state index in [4.69, 9.17) is 5.73 Å². The summed E-state index contributed by atoms with van der Waals surface area (Å²) in [6, 6.07) is 1.74. The van der Waals surface area contributed by atoms with E-state index < -0.39 is 10.0 Å². The van der Waals surface area contributed by atoms with Gasteiger partial charge in [-0.2, -0.15) is 4.31 Å². The zero-order valence-corrected chi connectivity index (χ0v) is 13.2. The van der Waals surface area contributed by atoms with Crippen LogP contribution in [0.5, 0.6) is 0 Å². The standard InChI is InChI=1S/C13H22N2O2S2/c1-10-7-13(18-12(10)8-14)19(16,17)15(2)9-11-5-3-4-6-11/h7,11H,3-6,8-9,14H2,1-2H3. The number of thiophene rings is 1. The lowest BCUT2D eigenvalue weighted by Crippen LogP contribution is -2.30. The molecular weight excluding hydrogens is 280 g/mol. The van der Waals surface area contributed by atoms with Crippen molar-refractivity contribution in [1.82, 2.24) is 4.31 Å². The van der Waals surface area contributed by atoms with Crippen LogP contribution in [-0.2, 0) is 16.6 Å². The highest BCUT2D eigenvalue weighted by Gasteiger charge is 2.27. The molecule has 1 aromatic heterocycles. The van der Waals surface area contributed by atoms with E-state index in [1.807, 2.05) is 6.92 Å². The molecule has 0 bridgehead atoms. The zero-order valence-electron chi connectivity index (χ0n) is 11.6. The third kappa shape index (κ3) is 3.18. The minimum absolute atomic E-state index is 0.401. The van der Waals surface area contributed by atoms with E-state index in [2.05, 4.69) is 0 Å². The molecule has 6 heteroatoms. The molecule has 1 aromatic rings. The minimum atomic E-state index is -3.34. The molecule has 1 aliphatic rings. The topological polar surface area (TPSA) is 63.4 Å². The molecule has 2 N–H and O–H groups in total. The summed E-state index contributed by atoms with van der Waals surface area (Å²) in [7, 11) is -1.66. The second-order valence-electron chi connectivity index (χ2n) is 5.31. The van der Waals surface area contributed by atoms with E-state index in [0.29, 0.717) is 23.2 Å². The zero-order chi connectivity index (χ0) is 14.0. The summed E-state index contributed by atoms with van der Waals surface area (Å²) >= 11 is 1.30. The maximum absolute atomic E-state index is 12.5. The largest absolute Gasteiger partial charge is 0.326 e. The Kier molecular flexibility index (Phi) is 4.66. The number of hydrogen-bond acceptors (Lipinski definition) is 4. The molecule has 0 amide bonds. The van der Waals surface area contributed by atoms with Crippen molar-refractivity contribution in [2.75, 3.05) is 13.6 Å². The van der Waals surface area contributed by atoms with E-state index >= 15 is 0 Å². The highest BCUT2D eigenvalue weighted by Crippen LogP contribution is 2.30. The fourth-order valence-electron chi connectivity index (χ4n) is 2.63. The van der Waals surface area contributed by atoms with Crippen LogP contribution in [0.25, 0.3) is 0 Å². The monoisotopic (exact) mass is 302 g/mol. The third-order valence-corrected chi connectivity index (χ3v) is 7.37. The molecule has 0 aromatic carbocycles. The lowest BCUT2D eigenvalue weighted by Gasteiger charge is -2.19. The molecule has 0 spiro atoms. The van der Waals surface area contributed by atoms with Crippen LogP contribution < -0.4 is 5.73 Å². The van der Waals surface area contributed by atoms with Gasteiger partial charge in [-0.05, 0) is 37.3 Å². The summed E-state index contributed by atoms with van der Waals surface area (Å²) in [6.07, 6.45) is 4.76. The van der Waals surface area contributed by atoms with Gasteiger partial charge in [0.2, 0.25) is 0 Å². The summed E-state index contributed by atoms with van der Waals surface area (Å²) < 4.78 is 26.9. The highest BCUT2D eigenvalue weighted by molar-refractivity contribution is 7.91. The number of nitrogens with zero attached hydrogens (tertiary/aromatic N) is 1. The normalized spacial score (nSPS) is 17.5. The first-order valence-electron chi connectivity index (χ1n) is 6.71. The summed E-state index contributed by atoms with van der Waals surface area (Å²) in [5.41, 5.74) is 6.59. The average molecular weight is 302 g/mol. The average Bonchev–Trinajstić information content (AvgIpc) is 2.98. The van der Waals surface area contributed by atoms with E-state index in [9.17, 15) is 8.42 Å². The van der Waals surface area contributed by atoms with Crippen molar-refractivity contribution < 1.29 is 8.42 Å². The molecule has 0 radical (unpaired) electrons. The van der Waals surface area contributed by atoms with Gasteiger partial charge in [-0.25, -0.2) is 8.42 Å². The summed E-state index contributed by atoms with van der Waals surface area (Å²) in [5, 5.41) is 0. The summed E-state index contributed by atoms with van der Waals surface area (Å²) in [6.45, 7) is 2.95. The molecule has 0 atom stereocenters. The lowest BCUT2D eigenvalue weighted by molar-refractivity contribution is 0.388. The van der Waals surface area contributed by atoms with Gasteiger partial charge in [0.25, 0.3) is 10.0 Å². The Morgan fingerprint density at radius 3 is 2.58 bits per heavy atom. The van der Waals surface area contributed by atoms with Crippen LogP contribution in [0.3, 0.4) is 0 Å². The Labute approximate surface area is 119 Å². The number of rotatable bonds is 5. The van der Waals surface area contributed by atoms with Gasteiger partial charge in [0, 0.05) is 25.0 Å². The van der Waals surface area contributed by atoms with Crippen molar-refractivity contribution in [3.05, 3.63) is 16.5 Å². The van der Waals surface area contributed by atoms with Gasteiger partial charge in [-0.15, -0.1) is 11.3 Å². The molecule has 0 saturated heterocycles. The van der Waals surface area contributed by atoms with E-state index in [1.165, 1.54) is 28.5 Å². The second-order valence-corrected chi connectivity index (χ2v) is 8.72. The fourth-order valence-corrected chi connectivity index (χ4v) is 5.55. The number of hydrogen-bond donors (Lipinski definition) is 1. The van der Waals surface area contributed by atoms with Gasteiger partial charge in [0.1, 0.15) is 4.21 Å². The first-order chi connectivity index (χ1) is 8.95. The molecular formula is C13H22N2O2S2. The molecule has 0 aliphatic heterocycles. The van der Waals surface area contributed by atoms with Gasteiger partial charge in [-0.3, -0.25) is 0 Å². The Hall–Kier alpha value is -0.430. The first kappa shape index (κ1) is 15.0. The lowest BCUT2D eigenvalue weighted by atomic mass is 10.1. The highest BCUT2D eigenvalue weighted by atomic mass is 32.2. The third-order valence-electron chi connectivity index (χ3n) is 3.84. The molecule has 2 rings (SSSR count). The van der Waals surface area contributed by atoms with Gasteiger partial charge >= 0.3 is 0 Å². The predicted octanol–water partition coefficient (Wildman–Crippen LogP) is 2.33. The van der Waals surface area contributed by atoms with E-state index in [1.54, 1.807) is 13.1 Å². The van der Waals surface area contributed by atoms with Gasteiger partial charge in [0.15, 0.2) is 0 Å². The van der Waals surface area contributed by atoms with Gasteiger partial charge in [-0.1, -0.05) is 12.8 Å². The van der Waals surface area contributed by atoms with Crippen LogP contribution in [0.15, 0.2) is 10.3 Å². The molecule has 4 nitrogen and oxygen atoms in total. The fraction of sp³-hybridized carbons (Fsp3) is 0.692.